The lowest BCUT2D eigenvalue weighted by molar-refractivity contribution is 0.0696. The van der Waals surface area contributed by atoms with Gasteiger partial charge in [-0.1, -0.05) is 42.5 Å². The quantitative estimate of drug-likeness (QED) is 0.710. The zero-order chi connectivity index (χ0) is 19.3. The number of rotatable bonds is 6. The Balaban J connectivity index is 1.29. The smallest absolute Gasteiger partial charge is 0.335 e. The third-order valence-corrected chi connectivity index (χ3v) is 5.02. The van der Waals surface area contributed by atoms with E-state index in [1.807, 2.05) is 42.5 Å². The summed E-state index contributed by atoms with van der Waals surface area (Å²) in [7, 11) is 0. The van der Waals surface area contributed by atoms with E-state index < -0.39 is 5.97 Å². The standard InChI is InChI=1S/C22H23N3O3/c26-22(27)19-8-4-5-17(13-19)15-24-9-11-25(12-10-24)16-21-23-14-20(28-21)18-6-2-1-3-7-18/h1-8,13-14H,9-12,15-16H2,(H,26,27). The molecule has 0 saturated carbocycles. The van der Waals surface area contributed by atoms with Gasteiger partial charge in [-0.3, -0.25) is 9.80 Å². The van der Waals surface area contributed by atoms with Gasteiger partial charge in [0.1, 0.15) is 0 Å². The first-order valence-electron chi connectivity index (χ1n) is 9.44. The minimum atomic E-state index is -0.882. The highest BCUT2D eigenvalue weighted by Gasteiger charge is 2.19. The van der Waals surface area contributed by atoms with E-state index in [2.05, 4.69) is 14.8 Å². The Morgan fingerprint density at radius 3 is 2.39 bits per heavy atom. The molecule has 1 aliphatic heterocycles. The highest BCUT2D eigenvalue weighted by Crippen LogP contribution is 2.21. The molecule has 1 N–H and O–H groups in total. The van der Waals surface area contributed by atoms with Crippen LogP contribution in [0.5, 0.6) is 0 Å². The van der Waals surface area contributed by atoms with Gasteiger partial charge in [0.25, 0.3) is 0 Å². The average molecular weight is 377 g/mol. The predicted molar refractivity (Wildman–Crippen MR) is 106 cm³/mol. The number of carboxylic acids is 1. The van der Waals surface area contributed by atoms with E-state index in [-0.39, 0.29) is 0 Å². The molecule has 0 unspecified atom stereocenters. The number of carbonyl (C=O) groups is 1. The van der Waals surface area contributed by atoms with Gasteiger partial charge in [0, 0.05) is 38.3 Å². The predicted octanol–water partition coefficient (Wildman–Crippen LogP) is 3.36. The second-order valence-corrected chi connectivity index (χ2v) is 7.04. The van der Waals surface area contributed by atoms with E-state index >= 15 is 0 Å². The number of carboxylic acid groups (broad SMARTS) is 1. The Kier molecular flexibility index (Phi) is 5.50. The van der Waals surface area contributed by atoms with Crippen molar-refractivity contribution in [2.75, 3.05) is 26.2 Å². The van der Waals surface area contributed by atoms with E-state index in [1.54, 1.807) is 18.3 Å². The molecule has 0 spiro atoms. The molecule has 144 valence electrons. The second kappa shape index (κ2) is 8.37. The maximum absolute atomic E-state index is 11.1. The molecule has 28 heavy (non-hydrogen) atoms. The van der Waals surface area contributed by atoms with Crippen molar-refractivity contribution in [3.63, 3.8) is 0 Å². The number of hydrogen-bond acceptors (Lipinski definition) is 5. The fraction of sp³-hybridized carbons (Fsp3) is 0.273. The molecule has 2 heterocycles. The molecule has 1 fully saturated rings. The molecule has 4 rings (SSSR count). The molecule has 1 aromatic heterocycles. The van der Waals surface area contributed by atoms with Crippen LogP contribution in [0.2, 0.25) is 0 Å². The van der Waals surface area contributed by atoms with Gasteiger partial charge in [0.2, 0.25) is 5.89 Å². The van der Waals surface area contributed by atoms with Crippen molar-refractivity contribution in [2.45, 2.75) is 13.1 Å². The van der Waals surface area contributed by atoms with Crippen molar-refractivity contribution in [3.05, 3.63) is 77.8 Å². The average Bonchev–Trinajstić information content (AvgIpc) is 3.19. The van der Waals surface area contributed by atoms with Gasteiger partial charge in [0.05, 0.1) is 18.3 Å². The summed E-state index contributed by atoms with van der Waals surface area (Å²) in [6.45, 7) is 5.21. The SMILES string of the molecule is O=C(O)c1cccc(CN2CCN(Cc3ncc(-c4ccccc4)o3)CC2)c1. The van der Waals surface area contributed by atoms with Crippen LogP contribution in [0.15, 0.2) is 65.2 Å². The van der Waals surface area contributed by atoms with Crippen molar-refractivity contribution in [1.29, 1.82) is 0 Å². The molecule has 0 bridgehead atoms. The minimum absolute atomic E-state index is 0.342. The van der Waals surface area contributed by atoms with Crippen molar-refractivity contribution < 1.29 is 14.3 Å². The molecular weight excluding hydrogens is 354 g/mol. The number of piperazine rings is 1. The monoisotopic (exact) mass is 377 g/mol. The third-order valence-electron chi connectivity index (χ3n) is 5.02. The third kappa shape index (κ3) is 4.47. The lowest BCUT2D eigenvalue weighted by atomic mass is 10.1. The fourth-order valence-corrected chi connectivity index (χ4v) is 3.48. The Morgan fingerprint density at radius 1 is 0.964 bits per heavy atom. The second-order valence-electron chi connectivity index (χ2n) is 7.04. The summed E-state index contributed by atoms with van der Waals surface area (Å²) in [4.78, 5) is 20.2. The van der Waals surface area contributed by atoms with E-state index in [9.17, 15) is 4.79 Å². The van der Waals surface area contributed by atoms with Gasteiger partial charge >= 0.3 is 5.97 Å². The van der Waals surface area contributed by atoms with Crippen LogP contribution in [0, 0.1) is 0 Å². The van der Waals surface area contributed by atoms with Gasteiger partial charge in [-0.25, -0.2) is 9.78 Å². The molecule has 0 aliphatic carbocycles. The van der Waals surface area contributed by atoms with Crippen LogP contribution in [0.4, 0.5) is 0 Å². The van der Waals surface area contributed by atoms with Crippen LogP contribution in [-0.2, 0) is 13.1 Å². The van der Waals surface area contributed by atoms with Crippen molar-refractivity contribution in [1.82, 2.24) is 14.8 Å². The number of aromatic carboxylic acids is 1. The van der Waals surface area contributed by atoms with Crippen molar-refractivity contribution in [2.24, 2.45) is 0 Å². The van der Waals surface area contributed by atoms with Crippen LogP contribution in [-0.4, -0.2) is 52.0 Å². The normalized spacial score (nSPS) is 15.6. The molecule has 6 heteroatoms. The maximum Gasteiger partial charge on any atom is 0.335 e. The number of aromatic nitrogens is 1. The first-order valence-corrected chi connectivity index (χ1v) is 9.44. The van der Waals surface area contributed by atoms with Crippen LogP contribution >= 0.6 is 0 Å². The molecular formula is C22H23N3O3. The Morgan fingerprint density at radius 2 is 1.68 bits per heavy atom. The summed E-state index contributed by atoms with van der Waals surface area (Å²) in [6.07, 6.45) is 1.79. The first-order chi connectivity index (χ1) is 13.7. The van der Waals surface area contributed by atoms with E-state index in [0.717, 1.165) is 55.5 Å². The molecule has 6 nitrogen and oxygen atoms in total. The summed E-state index contributed by atoms with van der Waals surface area (Å²) in [5.41, 5.74) is 2.41. The summed E-state index contributed by atoms with van der Waals surface area (Å²) in [6, 6.07) is 17.2. The maximum atomic E-state index is 11.1. The highest BCUT2D eigenvalue weighted by molar-refractivity contribution is 5.87. The summed E-state index contributed by atoms with van der Waals surface area (Å²) in [5.74, 6) is 0.654. The first kappa shape index (κ1) is 18.4. The van der Waals surface area contributed by atoms with Gasteiger partial charge in [0.15, 0.2) is 5.76 Å². The zero-order valence-corrected chi connectivity index (χ0v) is 15.6. The molecule has 1 saturated heterocycles. The minimum Gasteiger partial charge on any atom is -0.478 e. The number of oxazole rings is 1. The lowest BCUT2D eigenvalue weighted by Gasteiger charge is -2.34. The van der Waals surface area contributed by atoms with E-state index in [0.29, 0.717) is 12.1 Å². The molecule has 2 aromatic carbocycles. The number of benzene rings is 2. The van der Waals surface area contributed by atoms with E-state index in [1.165, 1.54) is 0 Å². The Labute approximate surface area is 164 Å². The van der Waals surface area contributed by atoms with Gasteiger partial charge in [-0.05, 0) is 17.7 Å². The van der Waals surface area contributed by atoms with Crippen LogP contribution < -0.4 is 0 Å². The highest BCUT2D eigenvalue weighted by atomic mass is 16.4. The Hall–Kier alpha value is -2.96. The van der Waals surface area contributed by atoms with Crippen LogP contribution in [0.1, 0.15) is 21.8 Å². The van der Waals surface area contributed by atoms with Gasteiger partial charge in [-0.15, -0.1) is 0 Å². The molecule has 1 aliphatic rings. The lowest BCUT2D eigenvalue weighted by Crippen LogP contribution is -2.45. The van der Waals surface area contributed by atoms with Gasteiger partial charge in [-0.2, -0.15) is 0 Å². The summed E-state index contributed by atoms with van der Waals surface area (Å²) < 4.78 is 5.91. The summed E-state index contributed by atoms with van der Waals surface area (Å²) in [5, 5.41) is 9.13. The Bertz CT molecular complexity index is 931. The molecule has 0 radical (unpaired) electrons. The van der Waals surface area contributed by atoms with Crippen molar-refractivity contribution >= 4 is 5.97 Å². The van der Waals surface area contributed by atoms with Gasteiger partial charge < -0.3 is 9.52 Å². The molecule has 0 atom stereocenters. The molecule has 3 aromatic rings. The largest absolute Gasteiger partial charge is 0.478 e. The zero-order valence-electron chi connectivity index (χ0n) is 15.6. The number of hydrogen-bond donors (Lipinski definition) is 1. The fourth-order valence-electron chi connectivity index (χ4n) is 3.48. The molecule has 0 amide bonds. The van der Waals surface area contributed by atoms with Crippen LogP contribution in [0.3, 0.4) is 0 Å². The number of nitrogens with zero attached hydrogens (tertiary/aromatic N) is 3. The van der Waals surface area contributed by atoms with Crippen molar-refractivity contribution in [3.8, 4) is 11.3 Å². The van der Waals surface area contributed by atoms with Crippen LogP contribution in [0.25, 0.3) is 11.3 Å². The summed E-state index contributed by atoms with van der Waals surface area (Å²) >= 11 is 0. The van der Waals surface area contributed by atoms with E-state index in [4.69, 9.17) is 9.52 Å². The topological polar surface area (TPSA) is 69.8 Å².